The number of methoxy groups -OCH3 is 1. The standard InChI is InChI=1S/C20H25N3O3/c1-26-16-8-4-7-15(13-16)17-18(24)22-20(21-17)9-11-23(12-10-20)19(25)14-5-2-3-6-14/h4,7-8,13-14H,2-3,5-6,9-12H2,1H3,(H,22,24). The van der Waals surface area contributed by atoms with E-state index in [2.05, 4.69) is 5.32 Å². The molecule has 0 atom stereocenters. The predicted molar refractivity (Wildman–Crippen MR) is 98.2 cm³/mol. The van der Waals surface area contributed by atoms with Crippen molar-refractivity contribution >= 4 is 17.5 Å². The van der Waals surface area contributed by atoms with Gasteiger partial charge in [0.1, 0.15) is 17.1 Å². The summed E-state index contributed by atoms with van der Waals surface area (Å²) in [6.45, 7) is 1.31. The van der Waals surface area contributed by atoms with Gasteiger partial charge in [0.15, 0.2) is 0 Å². The third-order valence-corrected chi connectivity index (χ3v) is 5.84. The normalized spacial score (nSPS) is 22.4. The van der Waals surface area contributed by atoms with Crippen LogP contribution in [0.1, 0.15) is 44.1 Å². The largest absolute Gasteiger partial charge is 0.497 e. The fourth-order valence-electron chi connectivity index (χ4n) is 4.29. The van der Waals surface area contributed by atoms with Crippen LogP contribution in [0.15, 0.2) is 29.3 Å². The molecule has 0 bridgehead atoms. The lowest BCUT2D eigenvalue weighted by atomic mass is 9.96. The summed E-state index contributed by atoms with van der Waals surface area (Å²) in [6, 6.07) is 7.41. The van der Waals surface area contributed by atoms with Crippen LogP contribution in [-0.4, -0.2) is 48.3 Å². The minimum Gasteiger partial charge on any atom is -0.497 e. The second kappa shape index (κ2) is 6.74. The van der Waals surface area contributed by atoms with E-state index in [0.717, 1.165) is 18.4 Å². The lowest BCUT2D eigenvalue weighted by Gasteiger charge is -2.38. The lowest BCUT2D eigenvalue weighted by molar-refractivity contribution is -0.137. The van der Waals surface area contributed by atoms with Crippen molar-refractivity contribution in [2.45, 2.75) is 44.2 Å². The maximum absolute atomic E-state index is 12.6. The molecule has 1 saturated carbocycles. The van der Waals surface area contributed by atoms with E-state index in [-0.39, 0.29) is 11.8 Å². The van der Waals surface area contributed by atoms with Crippen LogP contribution in [-0.2, 0) is 9.59 Å². The highest BCUT2D eigenvalue weighted by Gasteiger charge is 2.43. The van der Waals surface area contributed by atoms with Crippen molar-refractivity contribution in [1.29, 1.82) is 0 Å². The summed E-state index contributed by atoms with van der Waals surface area (Å²) in [5.74, 6) is 1.06. The number of hydrogen-bond donors (Lipinski definition) is 1. The molecule has 1 saturated heterocycles. The van der Waals surface area contributed by atoms with Gasteiger partial charge in [0.25, 0.3) is 5.91 Å². The van der Waals surface area contributed by atoms with Gasteiger partial charge in [0.2, 0.25) is 5.91 Å². The SMILES string of the molecule is COc1cccc(C2=NC3(CCN(C(=O)C4CCCC4)CC3)NC2=O)c1. The number of amides is 2. The first-order valence-corrected chi connectivity index (χ1v) is 9.46. The summed E-state index contributed by atoms with van der Waals surface area (Å²) in [5.41, 5.74) is 0.657. The topological polar surface area (TPSA) is 71.0 Å². The van der Waals surface area contributed by atoms with Crippen molar-refractivity contribution in [2.24, 2.45) is 10.9 Å². The Labute approximate surface area is 153 Å². The number of nitrogens with zero attached hydrogens (tertiary/aromatic N) is 2. The molecular formula is C20H25N3O3. The van der Waals surface area contributed by atoms with Crippen molar-refractivity contribution in [3.05, 3.63) is 29.8 Å². The molecule has 0 unspecified atom stereocenters. The van der Waals surface area contributed by atoms with Gasteiger partial charge in [0, 0.05) is 37.4 Å². The van der Waals surface area contributed by atoms with E-state index in [1.54, 1.807) is 7.11 Å². The van der Waals surface area contributed by atoms with Crippen LogP contribution in [0.2, 0.25) is 0 Å². The van der Waals surface area contributed by atoms with Gasteiger partial charge in [-0.15, -0.1) is 0 Å². The molecule has 1 aromatic carbocycles. The summed E-state index contributed by atoms with van der Waals surface area (Å²) in [7, 11) is 1.61. The highest BCUT2D eigenvalue weighted by molar-refractivity contribution is 6.46. The van der Waals surface area contributed by atoms with Gasteiger partial charge >= 0.3 is 0 Å². The summed E-state index contributed by atoms with van der Waals surface area (Å²) >= 11 is 0. The number of piperidine rings is 1. The van der Waals surface area contributed by atoms with E-state index in [4.69, 9.17) is 9.73 Å². The van der Waals surface area contributed by atoms with Crippen LogP contribution in [0.3, 0.4) is 0 Å². The zero-order chi connectivity index (χ0) is 18.1. The average molecular weight is 355 g/mol. The van der Waals surface area contributed by atoms with Crippen LogP contribution in [0.25, 0.3) is 0 Å². The third kappa shape index (κ3) is 3.08. The molecule has 6 heteroatoms. The number of ether oxygens (including phenoxy) is 1. The Balaban J connectivity index is 1.47. The Morgan fingerprint density at radius 1 is 1.27 bits per heavy atom. The van der Waals surface area contributed by atoms with Crippen molar-refractivity contribution in [1.82, 2.24) is 10.2 Å². The van der Waals surface area contributed by atoms with Gasteiger partial charge in [0.05, 0.1) is 7.11 Å². The highest BCUT2D eigenvalue weighted by atomic mass is 16.5. The number of hydrogen-bond acceptors (Lipinski definition) is 4. The summed E-state index contributed by atoms with van der Waals surface area (Å²) in [6.07, 6.45) is 5.72. The Kier molecular flexibility index (Phi) is 4.42. The van der Waals surface area contributed by atoms with Crippen molar-refractivity contribution < 1.29 is 14.3 Å². The molecule has 2 amide bonds. The van der Waals surface area contributed by atoms with Crippen LogP contribution in [0, 0.1) is 5.92 Å². The minimum atomic E-state index is -0.568. The molecule has 2 fully saturated rings. The van der Waals surface area contributed by atoms with Gasteiger partial charge in [-0.2, -0.15) is 0 Å². The molecule has 1 spiro atoms. The first kappa shape index (κ1) is 17.1. The molecule has 1 aliphatic carbocycles. The number of aliphatic imine (C=N–C) groups is 1. The number of carbonyl (C=O) groups is 2. The van der Waals surface area contributed by atoms with Gasteiger partial charge in [-0.25, -0.2) is 0 Å². The smallest absolute Gasteiger partial charge is 0.272 e. The first-order chi connectivity index (χ1) is 12.6. The Morgan fingerprint density at radius 2 is 2.00 bits per heavy atom. The molecular weight excluding hydrogens is 330 g/mol. The van der Waals surface area contributed by atoms with Gasteiger partial charge in [-0.05, 0) is 25.0 Å². The number of likely N-dealkylation sites (tertiary alicyclic amines) is 1. The van der Waals surface area contributed by atoms with Crippen LogP contribution in [0.4, 0.5) is 0 Å². The minimum absolute atomic E-state index is 0.145. The fourth-order valence-corrected chi connectivity index (χ4v) is 4.29. The molecule has 2 heterocycles. The zero-order valence-corrected chi connectivity index (χ0v) is 15.2. The maximum atomic E-state index is 12.6. The monoisotopic (exact) mass is 355 g/mol. The van der Waals surface area contributed by atoms with Crippen molar-refractivity contribution in [3.63, 3.8) is 0 Å². The molecule has 4 rings (SSSR count). The van der Waals surface area contributed by atoms with Crippen LogP contribution < -0.4 is 10.1 Å². The quantitative estimate of drug-likeness (QED) is 0.903. The highest BCUT2D eigenvalue weighted by Crippen LogP contribution is 2.32. The number of nitrogens with one attached hydrogen (secondary N) is 1. The second-order valence-electron chi connectivity index (χ2n) is 7.48. The van der Waals surface area contributed by atoms with E-state index < -0.39 is 5.66 Å². The second-order valence-corrected chi connectivity index (χ2v) is 7.48. The fraction of sp³-hybridized carbons (Fsp3) is 0.550. The van der Waals surface area contributed by atoms with Crippen LogP contribution in [0.5, 0.6) is 5.75 Å². The Hall–Kier alpha value is -2.37. The van der Waals surface area contributed by atoms with Crippen molar-refractivity contribution in [2.75, 3.05) is 20.2 Å². The zero-order valence-electron chi connectivity index (χ0n) is 15.2. The van der Waals surface area contributed by atoms with Crippen LogP contribution >= 0.6 is 0 Å². The first-order valence-electron chi connectivity index (χ1n) is 9.46. The van der Waals surface area contributed by atoms with E-state index >= 15 is 0 Å². The molecule has 6 nitrogen and oxygen atoms in total. The average Bonchev–Trinajstić information content (AvgIpc) is 3.30. The molecule has 1 N–H and O–H groups in total. The molecule has 3 aliphatic rings. The van der Waals surface area contributed by atoms with E-state index in [1.165, 1.54) is 12.8 Å². The molecule has 138 valence electrons. The predicted octanol–water partition coefficient (Wildman–Crippen LogP) is 2.12. The Bertz CT molecular complexity index is 744. The van der Waals surface area contributed by atoms with E-state index in [9.17, 15) is 9.59 Å². The van der Waals surface area contributed by atoms with Gasteiger partial charge in [-0.1, -0.05) is 25.0 Å². The van der Waals surface area contributed by atoms with Gasteiger partial charge < -0.3 is 15.0 Å². The summed E-state index contributed by atoms with van der Waals surface area (Å²) in [4.78, 5) is 31.8. The van der Waals surface area contributed by atoms with Gasteiger partial charge in [-0.3, -0.25) is 14.6 Å². The molecule has 0 aromatic heterocycles. The van der Waals surface area contributed by atoms with E-state index in [1.807, 2.05) is 29.2 Å². The number of benzene rings is 1. The summed E-state index contributed by atoms with van der Waals surface area (Å²) < 4.78 is 5.24. The number of carbonyl (C=O) groups excluding carboxylic acids is 2. The molecule has 1 aromatic rings. The third-order valence-electron chi connectivity index (χ3n) is 5.84. The molecule has 0 radical (unpaired) electrons. The Morgan fingerprint density at radius 3 is 2.69 bits per heavy atom. The number of rotatable bonds is 3. The maximum Gasteiger partial charge on any atom is 0.272 e. The van der Waals surface area contributed by atoms with Crippen molar-refractivity contribution in [3.8, 4) is 5.75 Å². The molecule has 26 heavy (non-hydrogen) atoms. The molecule has 2 aliphatic heterocycles. The lowest BCUT2D eigenvalue weighted by Crippen LogP contribution is -2.53. The summed E-state index contributed by atoms with van der Waals surface area (Å²) in [5, 5.41) is 3.06. The van der Waals surface area contributed by atoms with E-state index in [0.29, 0.717) is 43.3 Å².